The third-order valence-electron chi connectivity index (χ3n) is 6.92. The molecule has 1 aromatic carbocycles. The number of pyridine rings is 1. The molecule has 1 aliphatic heterocycles. The number of imide groups is 1. The van der Waals surface area contributed by atoms with Crippen molar-refractivity contribution in [1.29, 1.82) is 0 Å². The fourth-order valence-corrected chi connectivity index (χ4v) is 5.07. The quantitative estimate of drug-likeness (QED) is 0.401. The summed E-state index contributed by atoms with van der Waals surface area (Å²) in [7, 11) is 0. The Morgan fingerprint density at radius 1 is 1.17 bits per heavy atom. The van der Waals surface area contributed by atoms with E-state index in [1.165, 1.54) is 4.90 Å². The summed E-state index contributed by atoms with van der Waals surface area (Å²) in [5, 5.41) is 11.0. The minimum atomic E-state index is -0.701. The number of hydrogen-bond acceptors (Lipinski definition) is 5. The summed E-state index contributed by atoms with van der Waals surface area (Å²) < 4.78 is 1.81. The number of carbonyl (C=O) groups is 3. The summed E-state index contributed by atoms with van der Waals surface area (Å²) in [6.45, 7) is 4.66. The van der Waals surface area contributed by atoms with Gasteiger partial charge in [0.1, 0.15) is 5.54 Å². The fraction of sp³-hybridized carbons (Fsp3) is 0.423. The van der Waals surface area contributed by atoms with Gasteiger partial charge >= 0.3 is 6.03 Å². The minimum Gasteiger partial charge on any atom is -0.352 e. The molecule has 1 aliphatic carbocycles. The van der Waals surface area contributed by atoms with Crippen molar-refractivity contribution in [2.75, 3.05) is 13.1 Å². The molecule has 4 amide bonds. The van der Waals surface area contributed by atoms with Gasteiger partial charge in [-0.3, -0.25) is 14.5 Å². The van der Waals surface area contributed by atoms with Crippen LogP contribution in [0.25, 0.3) is 22.3 Å². The Kier molecular flexibility index (Phi) is 6.00. The van der Waals surface area contributed by atoms with Crippen LogP contribution in [0.5, 0.6) is 0 Å². The van der Waals surface area contributed by atoms with Crippen LogP contribution in [0, 0.1) is 0 Å². The molecule has 3 aromatic rings. The van der Waals surface area contributed by atoms with Crippen LogP contribution in [0.15, 0.2) is 42.6 Å². The van der Waals surface area contributed by atoms with Gasteiger partial charge in [-0.25, -0.2) is 14.5 Å². The molecule has 3 heterocycles. The van der Waals surface area contributed by atoms with Crippen molar-refractivity contribution in [3.05, 3.63) is 48.2 Å². The number of benzene rings is 1. The van der Waals surface area contributed by atoms with Gasteiger partial charge in [-0.2, -0.15) is 5.10 Å². The van der Waals surface area contributed by atoms with Crippen molar-refractivity contribution in [3.63, 3.8) is 0 Å². The Morgan fingerprint density at radius 2 is 1.91 bits per heavy atom. The molecule has 1 spiro atoms. The molecule has 0 atom stereocenters. The van der Waals surface area contributed by atoms with Crippen molar-refractivity contribution in [2.45, 2.75) is 57.5 Å². The second-order valence-electron chi connectivity index (χ2n) is 9.63. The highest BCUT2D eigenvalue weighted by Crippen LogP contribution is 2.35. The van der Waals surface area contributed by atoms with Crippen LogP contribution >= 0.6 is 0 Å². The number of urea groups is 1. The number of amides is 4. The maximum Gasteiger partial charge on any atom is 0.325 e. The van der Waals surface area contributed by atoms with E-state index in [1.807, 2.05) is 48.9 Å². The van der Waals surface area contributed by atoms with Crippen LogP contribution in [-0.4, -0.2) is 56.1 Å². The number of hydrogen-bond donors (Lipinski definition) is 2. The Hall–Kier alpha value is -3.75. The largest absolute Gasteiger partial charge is 0.352 e. The lowest BCUT2D eigenvalue weighted by Crippen LogP contribution is -2.44. The molecular formula is C26H30N6O3. The molecule has 0 unspecified atom stereocenters. The molecule has 35 heavy (non-hydrogen) atoms. The first-order valence-electron chi connectivity index (χ1n) is 12.3. The highest BCUT2D eigenvalue weighted by atomic mass is 16.2. The van der Waals surface area contributed by atoms with E-state index in [4.69, 9.17) is 4.98 Å². The molecule has 2 aliphatic rings. The molecule has 1 saturated heterocycles. The Balaban J connectivity index is 1.31. The molecule has 0 bridgehead atoms. The molecule has 2 aromatic heterocycles. The number of nitrogens with zero attached hydrogens (tertiary/aromatic N) is 4. The zero-order valence-corrected chi connectivity index (χ0v) is 20.1. The summed E-state index contributed by atoms with van der Waals surface area (Å²) in [6.07, 6.45) is 5.48. The van der Waals surface area contributed by atoms with E-state index in [1.54, 1.807) is 12.3 Å². The van der Waals surface area contributed by atoms with Gasteiger partial charge in [-0.05, 0) is 39.2 Å². The molecule has 2 fully saturated rings. The van der Waals surface area contributed by atoms with Crippen LogP contribution in [-0.2, 0) is 4.79 Å². The second kappa shape index (κ2) is 9.13. The summed E-state index contributed by atoms with van der Waals surface area (Å²) in [5.74, 6) is -0.363. The topological polar surface area (TPSA) is 109 Å². The first kappa shape index (κ1) is 23.0. The third kappa shape index (κ3) is 4.15. The van der Waals surface area contributed by atoms with Gasteiger partial charge in [-0.1, -0.05) is 43.2 Å². The maximum absolute atomic E-state index is 13.2. The second-order valence-corrected chi connectivity index (χ2v) is 9.63. The average molecular weight is 475 g/mol. The smallest absolute Gasteiger partial charge is 0.325 e. The van der Waals surface area contributed by atoms with Crippen LogP contribution in [0.2, 0.25) is 0 Å². The maximum atomic E-state index is 13.2. The normalized spacial score (nSPS) is 17.1. The van der Waals surface area contributed by atoms with E-state index in [2.05, 4.69) is 15.7 Å². The summed E-state index contributed by atoms with van der Waals surface area (Å²) >= 11 is 0. The average Bonchev–Trinajstić information content (AvgIpc) is 3.56. The van der Waals surface area contributed by atoms with E-state index in [-0.39, 0.29) is 30.4 Å². The van der Waals surface area contributed by atoms with Crippen molar-refractivity contribution < 1.29 is 14.4 Å². The van der Waals surface area contributed by atoms with Gasteiger partial charge in [0.2, 0.25) is 0 Å². The molecule has 9 nitrogen and oxygen atoms in total. The van der Waals surface area contributed by atoms with Gasteiger partial charge in [0.15, 0.2) is 5.65 Å². The standard InChI is InChI=1S/C26H30N6O3/c1-17(2)32-22-20(16-28-32)19(15-21(29-22)18-9-4-3-5-10-18)23(33)27-13-8-14-31-24(34)26(30-25(31)35)11-6-7-12-26/h3-5,9-10,15-17H,6-8,11-14H2,1-2H3,(H,27,33)(H,30,35). The fourth-order valence-electron chi connectivity index (χ4n) is 5.07. The van der Waals surface area contributed by atoms with Crippen molar-refractivity contribution in [1.82, 2.24) is 30.3 Å². The van der Waals surface area contributed by atoms with Gasteiger partial charge in [-0.15, -0.1) is 0 Å². The molecular weight excluding hydrogens is 444 g/mol. The number of aromatic nitrogens is 3. The number of nitrogens with one attached hydrogen (secondary N) is 2. The van der Waals surface area contributed by atoms with Gasteiger partial charge in [0.05, 0.1) is 22.8 Å². The number of carbonyl (C=O) groups excluding carboxylic acids is 3. The Morgan fingerprint density at radius 3 is 2.63 bits per heavy atom. The molecule has 2 N–H and O–H groups in total. The zero-order chi connectivity index (χ0) is 24.6. The highest BCUT2D eigenvalue weighted by Gasteiger charge is 2.52. The summed E-state index contributed by atoms with van der Waals surface area (Å²) in [5.41, 5.74) is 2.08. The van der Waals surface area contributed by atoms with Crippen LogP contribution < -0.4 is 10.6 Å². The predicted octanol–water partition coefficient (Wildman–Crippen LogP) is 3.66. The zero-order valence-electron chi connectivity index (χ0n) is 20.1. The van der Waals surface area contributed by atoms with E-state index < -0.39 is 5.54 Å². The van der Waals surface area contributed by atoms with Crippen molar-refractivity contribution in [2.24, 2.45) is 0 Å². The molecule has 5 rings (SSSR count). The van der Waals surface area contributed by atoms with Gasteiger partial charge in [0.25, 0.3) is 11.8 Å². The van der Waals surface area contributed by atoms with E-state index >= 15 is 0 Å². The molecule has 1 saturated carbocycles. The lowest BCUT2D eigenvalue weighted by atomic mass is 9.98. The summed E-state index contributed by atoms with van der Waals surface area (Å²) in [6, 6.07) is 11.3. The molecule has 0 radical (unpaired) electrons. The van der Waals surface area contributed by atoms with Gasteiger partial charge in [0, 0.05) is 24.7 Å². The highest BCUT2D eigenvalue weighted by molar-refractivity contribution is 6.07. The monoisotopic (exact) mass is 474 g/mol. The van der Waals surface area contributed by atoms with E-state index in [9.17, 15) is 14.4 Å². The minimum absolute atomic E-state index is 0.0919. The first-order valence-corrected chi connectivity index (χ1v) is 12.3. The lowest BCUT2D eigenvalue weighted by Gasteiger charge is -2.20. The third-order valence-corrected chi connectivity index (χ3v) is 6.92. The molecule has 182 valence electrons. The SMILES string of the molecule is CC(C)n1ncc2c(C(=O)NCCCN3C(=O)NC4(CCCC4)C3=O)cc(-c3ccccc3)nc21. The van der Waals surface area contributed by atoms with E-state index in [0.717, 1.165) is 18.4 Å². The number of rotatable bonds is 7. The Bertz CT molecular complexity index is 1280. The Labute approximate surface area is 203 Å². The van der Waals surface area contributed by atoms with Gasteiger partial charge < -0.3 is 10.6 Å². The number of fused-ring (bicyclic) bond motifs is 1. The van der Waals surface area contributed by atoms with Crippen molar-refractivity contribution >= 4 is 28.9 Å². The van der Waals surface area contributed by atoms with Crippen molar-refractivity contribution in [3.8, 4) is 11.3 Å². The van der Waals surface area contributed by atoms with Crippen LogP contribution in [0.3, 0.4) is 0 Å². The van der Waals surface area contributed by atoms with Crippen LogP contribution in [0.4, 0.5) is 4.79 Å². The van der Waals surface area contributed by atoms with Crippen LogP contribution in [0.1, 0.15) is 62.4 Å². The molecule has 9 heteroatoms. The first-order chi connectivity index (χ1) is 16.9. The lowest BCUT2D eigenvalue weighted by molar-refractivity contribution is -0.131. The summed E-state index contributed by atoms with van der Waals surface area (Å²) in [4.78, 5) is 44.5. The van der Waals surface area contributed by atoms with E-state index in [0.29, 0.717) is 48.1 Å². The predicted molar refractivity (Wildman–Crippen MR) is 132 cm³/mol.